The lowest BCUT2D eigenvalue weighted by molar-refractivity contribution is 0.415. The van der Waals surface area contributed by atoms with Crippen LogP contribution in [0.5, 0.6) is 5.75 Å². The summed E-state index contributed by atoms with van der Waals surface area (Å²) in [6, 6.07) is 15.5. The monoisotopic (exact) mass is 265 g/mol. The zero-order valence-electron chi connectivity index (χ0n) is 11.1. The minimum atomic E-state index is 0.724. The molecule has 0 atom stereocenters. The van der Waals surface area contributed by atoms with E-state index < -0.39 is 0 Å². The first-order chi connectivity index (χ1) is 9.76. The van der Waals surface area contributed by atoms with Crippen LogP contribution in [0, 0.1) is 0 Å². The van der Waals surface area contributed by atoms with E-state index in [9.17, 15) is 0 Å². The van der Waals surface area contributed by atoms with Gasteiger partial charge in [-0.05, 0) is 24.3 Å². The van der Waals surface area contributed by atoms with E-state index in [0.717, 1.165) is 34.1 Å². The van der Waals surface area contributed by atoms with E-state index in [1.54, 1.807) is 7.11 Å². The number of rotatable bonds is 3. The number of hydrogen-bond acceptors (Lipinski definition) is 3. The molecule has 0 saturated heterocycles. The van der Waals surface area contributed by atoms with Crippen molar-refractivity contribution in [3.63, 3.8) is 0 Å². The molecule has 0 unspecified atom stereocenters. The molecule has 0 aliphatic heterocycles. The molecule has 3 N–H and O–H groups in total. The minimum absolute atomic E-state index is 0.724. The molecular weight excluding hydrogens is 250 g/mol. The third kappa shape index (κ3) is 2.36. The van der Waals surface area contributed by atoms with Crippen LogP contribution in [0.1, 0.15) is 0 Å². The van der Waals surface area contributed by atoms with E-state index in [-0.39, 0.29) is 0 Å². The number of hydrogen-bond donors (Lipinski definition) is 2. The highest BCUT2D eigenvalue weighted by Crippen LogP contribution is 2.25. The number of nitrogens with zero attached hydrogens (tertiary/aromatic N) is 1. The van der Waals surface area contributed by atoms with Gasteiger partial charge in [-0.3, -0.25) is 0 Å². The SMILES string of the molecule is COc1cccc(-c2cnc(-c3cccc(N)c3)[nH]2)c1. The van der Waals surface area contributed by atoms with Crippen LogP contribution in [0.15, 0.2) is 54.7 Å². The van der Waals surface area contributed by atoms with Crippen LogP contribution < -0.4 is 10.5 Å². The van der Waals surface area contributed by atoms with Crippen molar-refractivity contribution in [3.05, 3.63) is 54.7 Å². The van der Waals surface area contributed by atoms with Crippen LogP contribution in [-0.2, 0) is 0 Å². The Labute approximate surface area is 117 Å². The van der Waals surface area contributed by atoms with Gasteiger partial charge in [-0.2, -0.15) is 0 Å². The minimum Gasteiger partial charge on any atom is -0.497 e. The van der Waals surface area contributed by atoms with Crippen LogP contribution >= 0.6 is 0 Å². The summed E-state index contributed by atoms with van der Waals surface area (Å²) in [7, 11) is 1.66. The summed E-state index contributed by atoms with van der Waals surface area (Å²) in [5.41, 5.74) is 9.47. The van der Waals surface area contributed by atoms with Gasteiger partial charge in [0, 0.05) is 16.8 Å². The van der Waals surface area contributed by atoms with Gasteiger partial charge < -0.3 is 15.5 Å². The highest BCUT2D eigenvalue weighted by Gasteiger charge is 2.06. The van der Waals surface area contributed by atoms with Crippen molar-refractivity contribution < 1.29 is 4.74 Å². The third-order valence-electron chi connectivity index (χ3n) is 3.12. The van der Waals surface area contributed by atoms with E-state index >= 15 is 0 Å². The topological polar surface area (TPSA) is 63.9 Å². The fourth-order valence-corrected chi connectivity index (χ4v) is 2.09. The number of H-pyrrole nitrogens is 1. The Morgan fingerprint density at radius 3 is 2.65 bits per heavy atom. The van der Waals surface area contributed by atoms with Crippen molar-refractivity contribution in [3.8, 4) is 28.4 Å². The third-order valence-corrected chi connectivity index (χ3v) is 3.12. The van der Waals surface area contributed by atoms with E-state index in [0.29, 0.717) is 0 Å². The number of anilines is 1. The lowest BCUT2D eigenvalue weighted by Crippen LogP contribution is -1.86. The van der Waals surface area contributed by atoms with Crippen molar-refractivity contribution in [2.75, 3.05) is 12.8 Å². The largest absolute Gasteiger partial charge is 0.497 e. The molecule has 100 valence electrons. The number of ether oxygens (including phenoxy) is 1. The molecule has 0 aliphatic carbocycles. The molecular formula is C16H15N3O. The van der Waals surface area contributed by atoms with Crippen molar-refractivity contribution >= 4 is 5.69 Å². The second-order valence-electron chi connectivity index (χ2n) is 4.50. The highest BCUT2D eigenvalue weighted by molar-refractivity contribution is 5.67. The van der Waals surface area contributed by atoms with Gasteiger partial charge in [-0.25, -0.2) is 4.98 Å². The first-order valence-corrected chi connectivity index (χ1v) is 6.31. The van der Waals surface area contributed by atoms with Gasteiger partial charge >= 0.3 is 0 Å². The Hall–Kier alpha value is -2.75. The zero-order chi connectivity index (χ0) is 13.9. The average molecular weight is 265 g/mol. The van der Waals surface area contributed by atoms with Crippen LogP contribution in [0.25, 0.3) is 22.6 Å². The van der Waals surface area contributed by atoms with E-state index in [1.807, 2.05) is 54.7 Å². The van der Waals surface area contributed by atoms with Crippen LogP contribution in [0.3, 0.4) is 0 Å². The number of benzene rings is 2. The summed E-state index contributed by atoms with van der Waals surface area (Å²) in [5, 5.41) is 0. The van der Waals surface area contributed by atoms with Crippen LogP contribution in [-0.4, -0.2) is 17.1 Å². The molecule has 0 radical (unpaired) electrons. The molecule has 0 amide bonds. The van der Waals surface area contributed by atoms with Gasteiger partial charge in [-0.15, -0.1) is 0 Å². The van der Waals surface area contributed by atoms with Gasteiger partial charge in [0.05, 0.1) is 19.0 Å². The van der Waals surface area contributed by atoms with Crippen LogP contribution in [0.2, 0.25) is 0 Å². The van der Waals surface area contributed by atoms with Gasteiger partial charge in [0.2, 0.25) is 0 Å². The second-order valence-corrected chi connectivity index (χ2v) is 4.50. The molecule has 0 fully saturated rings. The highest BCUT2D eigenvalue weighted by atomic mass is 16.5. The first kappa shape index (κ1) is 12.3. The smallest absolute Gasteiger partial charge is 0.137 e. The summed E-state index contributed by atoms with van der Waals surface area (Å²) in [6.07, 6.45) is 1.81. The summed E-state index contributed by atoms with van der Waals surface area (Å²) in [5.74, 6) is 1.62. The Morgan fingerprint density at radius 2 is 1.85 bits per heavy atom. The Morgan fingerprint density at radius 1 is 1.05 bits per heavy atom. The molecule has 0 spiro atoms. The van der Waals surface area contributed by atoms with Gasteiger partial charge in [0.25, 0.3) is 0 Å². The average Bonchev–Trinajstić information content (AvgIpc) is 2.97. The molecule has 1 aromatic heterocycles. The maximum Gasteiger partial charge on any atom is 0.137 e. The molecule has 3 aromatic rings. The summed E-state index contributed by atoms with van der Waals surface area (Å²) in [6.45, 7) is 0. The Bertz CT molecular complexity index is 734. The molecule has 4 nitrogen and oxygen atoms in total. The van der Waals surface area contributed by atoms with Crippen molar-refractivity contribution in [2.45, 2.75) is 0 Å². The number of nitrogens with one attached hydrogen (secondary N) is 1. The number of methoxy groups -OCH3 is 1. The van der Waals surface area contributed by atoms with Crippen molar-refractivity contribution in [1.82, 2.24) is 9.97 Å². The predicted octanol–water partition coefficient (Wildman–Crippen LogP) is 3.33. The molecule has 2 aromatic carbocycles. The lowest BCUT2D eigenvalue weighted by Gasteiger charge is -2.02. The quantitative estimate of drug-likeness (QED) is 0.714. The predicted molar refractivity (Wildman–Crippen MR) is 80.4 cm³/mol. The number of nitrogens with two attached hydrogens (primary N) is 1. The standard InChI is InChI=1S/C16H15N3O/c1-20-14-7-3-4-11(9-14)15-10-18-16(19-15)12-5-2-6-13(17)8-12/h2-10H,17H2,1H3,(H,18,19). The lowest BCUT2D eigenvalue weighted by atomic mass is 10.1. The van der Waals surface area contributed by atoms with Crippen LogP contribution in [0.4, 0.5) is 5.69 Å². The number of aromatic amines is 1. The fraction of sp³-hybridized carbons (Fsp3) is 0.0625. The maximum atomic E-state index is 5.79. The molecule has 0 saturated carbocycles. The molecule has 20 heavy (non-hydrogen) atoms. The van der Waals surface area contributed by atoms with Crippen molar-refractivity contribution in [1.29, 1.82) is 0 Å². The molecule has 0 bridgehead atoms. The summed E-state index contributed by atoms with van der Waals surface area (Å²) >= 11 is 0. The van der Waals surface area contributed by atoms with Gasteiger partial charge in [0.15, 0.2) is 0 Å². The Kier molecular flexibility index (Phi) is 3.13. The molecule has 0 aliphatic rings. The second kappa shape index (κ2) is 5.09. The normalized spacial score (nSPS) is 10.4. The van der Waals surface area contributed by atoms with E-state index in [1.165, 1.54) is 0 Å². The summed E-state index contributed by atoms with van der Waals surface area (Å²) < 4.78 is 5.23. The van der Waals surface area contributed by atoms with Gasteiger partial charge in [-0.1, -0.05) is 24.3 Å². The fourth-order valence-electron chi connectivity index (χ4n) is 2.09. The number of aromatic nitrogens is 2. The van der Waals surface area contributed by atoms with E-state index in [4.69, 9.17) is 10.5 Å². The van der Waals surface area contributed by atoms with E-state index in [2.05, 4.69) is 9.97 Å². The number of nitrogen functional groups attached to an aromatic ring is 1. The van der Waals surface area contributed by atoms with Crippen molar-refractivity contribution in [2.24, 2.45) is 0 Å². The van der Waals surface area contributed by atoms with Gasteiger partial charge in [0.1, 0.15) is 11.6 Å². The molecule has 4 heteroatoms. The first-order valence-electron chi connectivity index (χ1n) is 6.31. The number of imidazole rings is 1. The molecule has 3 rings (SSSR count). The maximum absolute atomic E-state index is 5.79. The summed E-state index contributed by atoms with van der Waals surface area (Å²) in [4.78, 5) is 7.71. The molecule has 1 heterocycles. The Balaban J connectivity index is 1.97. The zero-order valence-corrected chi connectivity index (χ0v) is 11.1.